The van der Waals surface area contributed by atoms with Gasteiger partial charge in [0.25, 0.3) is 0 Å². The number of rotatable bonds is 7. The lowest BCUT2D eigenvalue weighted by Crippen LogP contribution is -2.51. The van der Waals surface area contributed by atoms with E-state index in [2.05, 4.69) is 20.9 Å². The van der Waals surface area contributed by atoms with Crippen LogP contribution < -0.4 is 0 Å². The third-order valence-electron chi connectivity index (χ3n) is 8.80. The number of carbonyl (C=O) groups excluding carboxylic acids is 1. The number of allylic oxidation sites excluding steroid dienone is 1. The molecular formula is C31H26ClF4N5O2S2. The molecular weight excluding hydrogens is 650 g/mol. The number of hydrogen-bond donors (Lipinski definition) is 0. The summed E-state index contributed by atoms with van der Waals surface area (Å²) in [6.07, 6.45) is 4.02. The highest BCUT2D eigenvalue weighted by Crippen LogP contribution is 2.53. The molecule has 1 unspecified atom stereocenters. The zero-order valence-electron chi connectivity index (χ0n) is 23.6. The molecule has 1 aromatic carbocycles. The van der Waals surface area contributed by atoms with Gasteiger partial charge in [0.15, 0.2) is 5.01 Å². The largest absolute Gasteiger partial charge is 0.427 e. The highest BCUT2D eigenvalue weighted by Gasteiger charge is 2.53. The second-order valence-electron chi connectivity index (χ2n) is 11.7. The number of nitrogens with zero attached hydrogens (tertiary/aromatic N) is 5. The standard InChI is InChI=1S/C31H26ClF4N5O2S2/c1-45(43,24-10-11-27(32)37-16-24)41(22-8-9-22)23-5-2-19-12-25-18(15-39-40(25)21-6-3-20(33)4-7-21)13-30(19,14-23)28(42)29-38-17-26(44-29)31(34,35)36/h3-4,6-7,10-12,15-17,22-23H,1-2,5,8-9,13-14H2/t23-,30-,45?/m0/s1. The third-order valence-corrected chi connectivity index (χ3v) is 12.3. The number of alkyl halides is 3. The van der Waals surface area contributed by atoms with Crippen molar-refractivity contribution in [2.45, 2.75) is 61.7 Å². The second-order valence-corrected chi connectivity index (χ2v) is 15.3. The van der Waals surface area contributed by atoms with E-state index in [9.17, 15) is 26.6 Å². The second kappa shape index (κ2) is 10.9. The van der Waals surface area contributed by atoms with Crippen LogP contribution in [0.5, 0.6) is 0 Å². The Morgan fingerprint density at radius 3 is 2.47 bits per heavy atom. The monoisotopic (exact) mass is 675 g/mol. The molecule has 2 fully saturated rings. The minimum Gasteiger partial charge on any atom is -0.290 e. The Kier molecular flexibility index (Phi) is 7.30. The summed E-state index contributed by atoms with van der Waals surface area (Å²) in [5.41, 5.74) is 1.59. The van der Waals surface area contributed by atoms with E-state index in [-0.39, 0.29) is 40.9 Å². The van der Waals surface area contributed by atoms with Crippen molar-refractivity contribution < 1.29 is 26.6 Å². The highest BCUT2D eigenvalue weighted by molar-refractivity contribution is 7.98. The lowest BCUT2D eigenvalue weighted by Gasteiger charge is -2.47. The van der Waals surface area contributed by atoms with Gasteiger partial charge in [-0.3, -0.25) is 4.79 Å². The normalized spacial score (nSPS) is 22.8. The minimum absolute atomic E-state index is 0.0227. The number of benzene rings is 1. The Labute approximate surface area is 265 Å². The zero-order valence-corrected chi connectivity index (χ0v) is 26.0. The van der Waals surface area contributed by atoms with Crippen LogP contribution in [-0.4, -0.2) is 52.0 Å². The maximum atomic E-state index is 14.5. The molecule has 7 rings (SSSR count). The Morgan fingerprint density at radius 2 is 1.82 bits per heavy atom. The quantitative estimate of drug-likeness (QED) is 0.0908. The summed E-state index contributed by atoms with van der Waals surface area (Å²) in [5.74, 6) is 3.25. The van der Waals surface area contributed by atoms with E-state index in [1.165, 1.54) is 18.3 Å². The van der Waals surface area contributed by atoms with Gasteiger partial charge in [0.1, 0.15) is 15.8 Å². The fourth-order valence-corrected chi connectivity index (χ4v) is 9.62. The summed E-state index contributed by atoms with van der Waals surface area (Å²) >= 11 is 6.33. The van der Waals surface area contributed by atoms with Crippen LogP contribution in [0.1, 0.15) is 58.0 Å². The summed E-state index contributed by atoms with van der Waals surface area (Å²) in [6.45, 7) is 0. The lowest BCUT2D eigenvalue weighted by molar-refractivity contribution is -0.134. The topological polar surface area (TPSA) is 81.0 Å². The number of aromatic nitrogens is 4. The maximum absolute atomic E-state index is 14.5. The van der Waals surface area contributed by atoms with Crippen molar-refractivity contribution >= 4 is 50.4 Å². The molecule has 3 heterocycles. The molecule has 4 aromatic rings. The fourth-order valence-electron chi connectivity index (χ4n) is 6.59. The number of halogens is 5. The van der Waals surface area contributed by atoms with Crippen LogP contribution in [-0.2, 0) is 22.3 Å². The average Bonchev–Trinajstić information content (AvgIpc) is 3.52. The van der Waals surface area contributed by atoms with Crippen molar-refractivity contribution in [2.75, 3.05) is 0 Å². The van der Waals surface area contributed by atoms with Crippen molar-refractivity contribution in [3.63, 3.8) is 0 Å². The number of pyridine rings is 1. The van der Waals surface area contributed by atoms with Gasteiger partial charge in [-0.2, -0.15) is 18.3 Å². The Balaban J connectivity index is 1.32. The van der Waals surface area contributed by atoms with E-state index < -0.39 is 32.0 Å². The molecule has 0 bridgehead atoms. The van der Waals surface area contributed by atoms with Gasteiger partial charge in [0.05, 0.1) is 43.8 Å². The SMILES string of the molecule is C=S(=O)(c1ccc(Cl)nc1)N(C1CC1)[C@H]1CCC2=Cc3c(cnn3-c3ccc(F)cc3)C[C@]2(C(=O)c2ncc(C(F)(F)F)s2)C1. The smallest absolute Gasteiger partial charge is 0.290 e. The van der Waals surface area contributed by atoms with Crippen molar-refractivity contribution in [1.29, 1.82) is 0 Å². The first-order valence-corrected chi connectivity index (χ1v) is 17.1. The van der Waals surface area contributed by atoms with Crippen LogP contribution in [0.25, 0.3) is 11.8 Å². The molecule has 7 nitrogen and oxygen atoms in total. The van der Waals surface area contributed by atoms with Crippen molar-refractivity contribution in [3.8, 4) is 5.69 Å². The van der Waals surface area contributed by atoms with Crippen LogP contribution in [0.15, 0.2) is 65.5 Å². The molecule has 0 amide bonds. The fraction of sp³-hybridized carbons (Fsp3) is 0.323. The molecule has 2 saturated carbocycles. The third kappa shape index (κ3) is 5.33. The van der Waals surface area contributed by atoms with Gasteiger partial charge < -0.3 is 0 Å². The molecule has 0 spiro atoms. The number of hydrogen-bond acceptors (Lipinski definition) is 6. The molecule has 0 N–H and O–H groups in total. The number of ketones is 1. The van der Waals surface area contributed by atoms with E-state index in [0.717, 1.165) is 29.7 Å². The predicted octanol–water partition coefficient (Wildman–Crippen LogP) is 7.05. The first-order chi connectivity index (χ1) is 21.4. The van der Waals surface area contributed by atoms with E-state index in [1.54, 1.807) is 35.1 Å². The molecule has 3 atom stereocenters. The number of carbonyl (C=O) groups is 1. The highest BCUT2D eigenvalue weighted by atomic mass is 35.5. The van der Waals surface area contributed by atoms with Crippen molar-refractivity contribution in [1.82, 2.24) is 24.1 Å². The average molecular weight is 676 g/mol. The molecule has 3 aliphatic carbocycles. The van der Waals surface area contributed by atoms with Gasteiger partial charge in [-0.15, -0.1) is 11.3 Å². The lowest BCUT2D eigenvalue weighted by atomic mass is 9.61. The van der Waals surface area contributed by atoms with Crippen molar-refractivity contribution in [3.05, 3.63) is 92.7 Å². The summed E-state index contributed by atoms with van der Waals surface area (Å²) < 4.78 is 72.3. The molecule has 45 heavy (non-hydrogen) atoms. The Hall–Kier alpha value is -3.39. The van der Waals surface area contributed by atoms with Gasteiger partial charge >= 0.3 is 6.18 Å². The molecule has 3 aromatic heterocycles. The molecule has 0 saturated heterocycles. The molecule has 0 radical (unpaired) electrons. The van der Waals surface area contributed by atoms with E-state index in [1.807, 2.05) is 10.4 Å². The molecule has 14 heteroatoms. The van der Waals surface area contributed by atoms with Crippen LogP contribution in [0.2, 0.25) is 5.15 Å². The maximum Gasteiger partial charge on any atom is 0.427 e. The Morgan fingerprint density at radius 1 is 1.07 bits per heavy atom. The summed E-state index contributed by atoms with van der Waals surface area (Å²) in [4.78, 5) is 22.0. The van der Waals surface area contributed by atoms with Gasteiger partial charge in [0, 0.05) is 18.3 Å². The van der Waals surface area contributed by atoms with Gasteiger partial charge in [-0.1, -0.05) is 17.2 Å². The summed E-state index contributed by atoms with van der Waals surface area (Å²) in [6, 6.07) is 8.67. The van der Waals surface area contributed by atoms with Crippen LogP contribution in [0.3, 0.4) is 0 Å². The molecule has 3 aliphatic rings. The summed E-state index contributed by atoms with van der Waals surface area (Å²) in [7, 11) is -3.05. The Bertz CT molecular complexity index is 1930. The number of Topliss-reactive ketones (excluding diaryl/α,β-unsaturated/α-hetero) is 1. The number of thiazole rings is 1. The van der Waals surface area contributed by atoms with Crippen LogP contribution >= 0.6 is 22.9 Å². The van der Waals surface area contributed by atoms with Gasteiger partial charge in [-0.05, 0) is 92.4 Å². The first kappa shape index (κ1) is 30.3. The number of fused-ring (bicyclic) bond motifs is 2. The van der Waals surface area contributed by atoms with Crippen LogP contribution in [0, 0.1) is 11.2 Å². The first-order valence-electron chi connectivity index (χ1n) is 14.3. The van der Waals surface area contributed by atoms with E-state index in [0.29, 0.717) is 41.0 Å². The predicted molar refractivity (Wildman–Crippen MR) is 164 cm³/mol. The molecule has 0 aliphatic heterocycles. The van der Waals surface area contributed by atoms with E-state index in [4.69, 9.17) is 11.6 Å². The van der Waals surface area contributed by atoms with Gasteiger partial charge in [0.2, 0.25) is 5.78 Å². The minimum atomic E-state index is -4.63. The zero-order chi connectivity index (χ0) is 31.7. The van der Waals surface area contributed by atoms with Gasteiger partial charge in [-0.25, -0.2) is 27.6 Å². The van der Waals surface area contributed by atoms with Crippen molar-refractivity contribution in [2.24, 2.45) is 5.41 Å². The van der Waals surface area contributed by atoms with E-state index >= 15 is 0 Å². The van der Waals surface area contributed by atoms with Crippen LogP contribution in [0.4, 0.5) is 17.6 Å². The summed E-state index contributed by atoms with van der Waals surface area (Å²) in [5, 5.41) is 4.56. The molecule has 234 valence electrons.